The average Bonchev–Trinajstić information content (AvgIpc) is 3.17. The highest BCUT2D eigenvalue weighted by Crippen LogP contribution is 2.55. The zero-order chi connectivity index (χ0) is 13.6. The fraction of sp³-hybridized carbons (Fsp3) is 1.00. The van der Waals surface area contributed by atoms with Crippen LogP contribution < -0.4 is 5.32 Å². The normalized spacial score (nSPS) is 45.1. The Morgan fingerprint density at radius 1 is 1.10 bits per heavy atom. The van der Waals surface area contributed by atoms with Gasteiger partial charge in [0.1, 0.15) is 0 Å². The maximum Gasteiger partial charge on any atom is 0.0661 e. The van der Waals surface area contributed by atoms with Gasteiger partial charge in [0.25, 0.3) is 0 Å². The highest BCUT2D eigenvalue weighted by Gasteiger charge is 2.56. The molecule has 0 aromatic carbocycles. The Balaban J connectivity index is 1.33. The summed E-state index contributed by atoms with van der Waals surface area (Å²) >= 11 is 0. The third kappa shape index (κ3) is 2.06. The van der Waals surface area contributed by atoms with Gasteiger partial charge in [0.05, 0.1) is 6.10 Å². The number of rotatable bonds is 5. The van der Waals surface area contributed by atoms with Crippen LogP contribution in [0.25, 0.3) is 0 Å². The largest absolute Gasteiger partial charge is 0.378 e. The van der Waals surface area contributed by atoms with Crippen LogP contribution in [0.3, 0.4) is 0 Å². The molecule has 20 heavy (non-hydrogen) atoms. The second-order valence-corrected chi connectivity index (χ2v) is 8.02. The van der Waals surface area contributed by atoms with Crippen molar-refractivity contribution in [1.29, 1.82) is 0 Å². The van der Waals surface area contributed by atoms with Gasteiger partial charge in [0.15, 0.2) is 0 Å². The minimum atomic E-state index is 0.521. The molecule has 4 aliphatic carbocycles. The van der Waals surface area contributed by atoms with Crippen LogP contribution in [0.1, 0.15) is 64.7 Å². The van der Waals surface area contributed by atoms with Crippen molar-refractivity contribution in [2.75, 3.05) is 13.2 Å². The van der Waals surface area contributed by atoms with E-state index in [1.807, 2.05) is 0 Å². The van der Waals surface area contributed by atoms with Crippen molar-refractivity contribution in [2.45, 2.75) is 76.9 Å². The lowest BCUT2D eigenvalue weighted by Gasteiger charge is -2.54. The Hall–Kier alpha value is -0.0800. The second kappa shape index (κ2) is 5.28. The predicted molar refractivity (Wildman–Crippen MR) is 81.7 cm³/mol. The molecule has 0 aromatic heterocycles. The van der Waals surface area contributed by atoms with E-state index in [0.717, 1.165) is 30.4 Å². The molecule has 4 rings (SSSR count). The molecule has 0 saturated heterocycles. The summed E-state index contributed by atoms with van der Waals surface area (Å²) in [6.45, 7) is 4.34. The van der Waals surface area contributed by atoms with Gasteiger partial charge in [-0.1, -0.05) is 19.3 Å². The summed E-state index contributed by atoms with van der Waals surface area (Å²) < 4.78 is 6.03. The maximum atomic E-state index is 6.03. The molecule has 4 fully saturated rings. The highest BCUT2D eigenvalue weighted by atomic mass is 16.5. The van der Waals surface area contributed by atoms with E-state index in [1.54, 1.807) is 6.42 Å². The molecule has 0 aliphatic heterocycles. The quantitative estimate of drug-likeness (QED) is 0.826. The number of nitrogens with one attached hydrogen (secondary N) is 1. The Morgan fingerprint density at radius 3 is 2.60 bits per heavy atom. The number of fused-ring (bicyclic) bond motifs is 2. The van der Waals surface area contributed by atoms with E-state index >= 15 is 0 Å². The number of ether oxygens (including phenoxy) is 1. The van der Waals surface area contributed by atoms with Gasteiger partial charge < -0.3 is 10.1 Å². The van der Waals surface area contributed by atoms with E-state index in [0.29, 0.717) is 11.5 Å². The van der Waals surface area contributed by atoms with Crippen molar-refractivity contribution in [2.24, 2.45) is 23.2 Å². The van der Waals surface area contributed by atoms with Crippen molar-refractivity contribution >= 4 is 0 Å². The molecule has 5 atom stereocenters. The summed E-state index contributed by atoms with van der Waals surface area (Å²) in [5, 5.41) is 3.99. The fourth-order valence-electron chi connectivity index (χ4n) is 6.09. The van der Waals surface area contributed by atoms with E-state index in [1.165, 1.54) is 57.9 Å². The summed E-state index contributed by atoms with van der Waals surface area (Å²) in [5.74, 6) is 3.15. The summed E-state index contributed by atoms with van der Waals surface area (Å²) in [6.07, 6.45) is 13.6. The standard InChI is InChI=1S/C18H31NO/c1-2-20-17-11-16(18(17)7-3-4-8-18)19-12-15-10-13-5-6-14(15)9-13/h13-17,19H,2-12H2,1H3. The van der Waals surface area contributed by atoms with Crippen molar-refractivity contribution in [3.63, 3.8) is 0 Å². The third-order valence-electron chi connectivity index (χ3n) is 7.20. The highest BCUT2D eigenvalue weighted by molar-refractivity contribution is 5.10. The lowest BCUT2D eigenvalue weighted by Crippen LogP contribution is -2.63. The third-order valence-corrected chi connectivity index (χ3v) is 7.20. The SMILES string of the molecule is CCOC1CC(NCC2CC3CCC2C3)C12CCCC2. The molecular formula is C18H31NO. The van der Waals surface area contributed by atoms with Gasteiger partial charge in [-0.05, 0) is 69.7 Å². The van der Waals surface area contributed by atoms with Gasteiger partial charge >= 0.3 is 0 Å². The minimum absolute atomic E-state index is 0.521. The first-order valence-electron chi connectivity index (χ1n) is 9.17. The molecule has 4 aliphatic rings. The van der Waals surface area contributed by atoms with Crippen molar-refractivity contribution < 1.29 is 4.74 Å². The second-order valence-electron chi connectivity index (χ2n) is 8.02. The van der Waals surface area contributed by atoms with Gasteiger partial charge in [-0.3, -0.25) is 0 Å². The maximum absolute atomic E-state index is 6.03. The Labute approximate surface area is 124 Å². The Morgan fingerprint density at radius 2 is 1.95 bits per heavy atom. The molecule has 5 unspecified atom stereocenters. The van der Waals surface area contributed by atoms with Crippen LogP contribution in [0.2, 0.25) is 0 Å². The van der Waals surface area contributed by atoms with Crippen LogP contribution in [-0.4, -0.2) is 25.3 Å². The molecule has 0 radical (unpaired) electrons. The van der Waals surface area contributed by atoms with Gasteiger partial charge in [-0.25, -0.2) is 0 Å². The fourth-order valence-corrected chi connectivity index (χ4v) is 6.09. The Kier molecular flexibility index (Phi) is 3.58. The predicted octanol–water partition coefficient (Wildman–Crippen LogP) is 3.75. The number of hydrogen-bond donors (Lipinski definition) is 1. The van der Waals surface area contributed by atoms with Gasteiger partial charge in [0, 0.05) is 18.1 Å². The van der Waals surface area contributed by atoms with Crippen LogP contribution in [0.15, 0.2) is 0 Å². The molecule has 1 N–H and O–H groups in total. The topological polar surface area (TPSA) is 21.3 Å². The van der Waals surface area contributed by atoms with Crippen molar-refractivity contribution in [1.82, 2.24) is 5.32 Å². The molecule has 2 bridgehead atoms. The van der Waals surface area contributed by atoms with Crippen molar-refractivity contribution in [3.05, 3.63) is 0 Å². The number of hydrogen-bond acceptors (Lipinski definition) is 2. The van der Waals surface area contributed by atoms with Crippen LogP contribution in [0.4, 0.5) is 0 Å². The zero-order valence-corrected chi connectivity index (χ0v) is 13.1. The van der Waals surface area contributed by atoms with Gasteiger partial charge in [0.2, 0.25) is 0 Å². The van der Waals surface area contributed by atoms with E-state index in [2.05, 4.69) is 12.2 Å². The van der Waals surface area contributed by atoms with Crippen LogP contribution in [0, 0.1) is 23.2 Å². The van der Waals surface area contributed by atoms with Crippen LogP contribution in [0.5, 0.6) is 0 Å². The first-order valence-corrected chi connectivity index (χ1v) is 9.17. The molecule has 114 valence electrons. The molecule has 2 heteroatoms. The summed E-state index contributed by atoms with van der Waals surface area (Å²) in [7, 11) is 0. The molecule has 1 spiro atoms. The van der Waals surface area contributed by atoms with Gasteiger partial charge in [-0.2, -0.15) is 0 Å². The smallest absolute Gasteiger partial charge is 0.0661 e. The zero-order valence-electron chi connectivity index (χ0n) is 13.1. The van der Waals surface area contributed by atoms with Crippen LogP contribution in [-0.2, 0) is 4.74 Å². The monoisotopic (exact) mass is 277 g/mol. The van der Waals surface area contributed by atoms with Crippen molar-refractivity contribution in [3.8, 4) is 0 Å². The summed E-state index contributed by atoms with van der Waals surface area (Å²) in [5.41, 5.74) is 0.521. The van der Waals surface area contributed by atoms with E-state index in [-0.39, 0.29) is 0 Å². The van der Waals surface area contributed by atoms with Gasteiger partial charge in [-0.15, -0.1) is 0 Å². The van der Waals surface area contributed by atoms with E-state index in [4.69, 9.17) is 4.74 Å². The Bertz CT molecular complexity index is 349. The summed E-state index contributed by atoms with van der Waals surface area (Å²) in [4.78, 5) is 0. The molecule has 0 amide bonds. The molecular weight excluding hydrogens is 246 g/mol. The van der Waals surface area contributed by atoms with E-state index in [9.17, 15) is 0 Å². The first-order chi connectivity index (χ1) is 9.82. The molecule has 0 heterocycles. The average molecular weight is 277 g/mol. The van der Waals surface area contributed by atoms with Crippen LogP contribution >= 0.6 is 0 Å². The molecule has 4 saturated carbocycles. The molecule has 0 aromatic rings. The first kappa shape index (κ1) is 13.6. The minimum Gasteiger partial charge on any atom is -0.378 e. The lowest BCUT2D eigenvalue weighted by atomic mass is 9.60. The van der Waals surface area contributed by atoms with E-state index < -0.39 is 0 Å². The lowest BCUT2D eigenvalue weighted by molar-refractivity contribution is -0.131. The molecule has 2 nitrogen and oxygen atoms in total. The summed E-state index contributed by atoms with van der Waals surface area (Å²) in [6, 6.07) is 0.765.